The summed E-state index contributed by atoms with van der Waals surface area (Å²) < 4.78 is 4.94. The van der Waals surface area contributed by atoms with Crippen LogP contribution in [0.3, 0.4) is 0 Å². The van der Waals surface area contributed by atoms with E-state index in [1.54, 1.807) is 0 Å². The second kappa shape index (κ2) is 8.04. The topological polar surface area (TPSA) is 129 Å². The number of aromatic nitrogens is 1. The third kappa shape index (κ3) is 3.78. The minimum absolute atomic E-state index is 0.0749. The van der Waals surface area contributed by atoms with E-state index in [0.717, 1.165) is 4.88 Å². The molecule has 0 aliphatic heterocycles. The number of anilines is 1. The van der Waals surface area contributed by atoms with Crippen LogP contribution in [-0.2, 0) is 16.0 Å². The number of carboxylic acids is 1. The summed E-state index contributed by atoms with van der Waals surface area (Å²) in [6, 6.07) is 0. The van der Waals surface area contributed by atoms with Crippen molar-refractivity contribution in [1.29, 1.82) is 0 Å². The first-order chi connectivity index (χ1) is 13.7. The summed E-state index contributed by atoms with van der Waals surface area (Å²) in [5.74, 6) is -1.41. The first kappa shape index (κ1) is 21.7. The molecule has 2 aliphatic carbocycles. The molecule has 0 aromatic carbocycles. The molecule has 2 aliphatic rings. The number of ether oxygens (including phenoxy) is 1. The van der Waals surface area contributed by atoms with Crippen LogP contribution in [0.15, 0.2) is 12.7 Å². The van der Waals surface area contributed by atoms with Crippen LogP contribution in [0.25, 0.3) is 0 Å². The monoisotopic (exact) mass is 424 g/mol. The second-order valence-electron chi connectivity index (χ2n) is 8.47. The predicted octanol–water partition coefficient (Wildman–Crippen LogP) is 2.77. The maximum absolute atomic E-state index is 11.9. The Labute approximate surface area is 173 Å². The number of hydrogen-bond donors (Lipinski definition) is 4. The van der Waals surface area contributed by atoms with Crippen LogP contribution in [0.2, 0.25) is 0 Å². The fourth-order valence-corrected chi connectivity index (χ4v) is 6.19. The number of carbonyl (C=O) groups excluding carboxylic acids is 1. The lowest BCUT2D eigenvalue weighted by atomic mass is 9.47. The third-order valence-electron chi connectivity index (χ3n) is 6.81. The summed E-state index contributed by atoms with van der Waals surface area (Å²) >= 11 is 1.29. The van der Waals surface area contributed by atoms with Gasteiger partial charge >= 0.3 is 12.1 Å². The third-order valence-corrected chi connectivity index (χ3v) is 7.82. The highest BCUT2D eigenvalue weighted by Crippen LogP contribution is 2.62. The minimum Gasteiger partial charge on any atom is -0.481 e. The standard InChI is InChI=1S/C20H28N2O6S/c1-4-7-28-18(27)22-17-21-16-11(8-15(25)26)19(2)6-5-14(24)20(3,10-23)13(19)9-12(16)29-17/h4,11,13-14,23-24H,1,5-10H2,2-3H3,(H,25,26)(H,21,22,27). The quantitative estimate of drug-likeness (QED) is 0.517. The molecule has 9 heteroatoms. The number of aliphatic hydroxyl groups excluding tert-OH is 2. The fraction of sp³-hybridized carbons (Fsp3) is 0.650. The number of fused-ring (bicyclic) bond motifs is 2. The van der Waals surface area contributed by atoms with E-state index in [1.165, 1.54) is 17.4 Å². The van der Waals surface area contributed by atoms with Gasteiger partial charge in [-0.15, -0.1) is 11.3 Å². The number of rotatable bonds is 6. The van der Waals surface area contributed by atoms with E-state index in [1.807, 2.05) is 13.8 Å². The van der Waals surface area contributed by atoms with Crippen LogP contribution in [0, 0.1) is 16.7 Å². The molecule has 8 nitrogen and oxygen atoms in total. The van der Waals surface area contributed by atoms with Crippen molar-refractivity contribution in [3.63, 3.8) is 0 Å². The molecule has 29 heavy (non-hydrogen) atoms. The molecular weight excluding hydrogens is 396 g/mol. The zero-order valence-corrected chi connectivity index (χ0v) is 17.5. The summed E-state index contributed by atoms with van der Waals surface area (Å²) in [5.41, 5.74) is -0.481. The van der Waals surface area contributed by atoms with Gasteiger partial charge in [-0.1, -0.05) is 26.5 Å². The highest BCUT2D eigenvalue weighted by atomic mass is 32.1. The highest BCUT2D eigenvalue weighted by Gasteiger charge is 2.59. The second-order valence-corrected chi connectivity index (χ2v) is 9.55. The highest BCUT2D eigenvalue weighted by molar-refractivity contribution is 7.15. The molecule has 1 aromatic heterocycles. The van der Waals surface area contributed by atoms with Gasteiger partial charge in [-0.2, -0.15) is 0 Å². The van der Waals surface area contributed by atoms with Gasteiger partial charge in [-0.05, 0) is 30.6 Å². The van der Waals surface area contributed by atoms with Crippen molar-refractivity contribution in [2.45, 2.75) is 51.6 Å². The Morgan fingerprint density at radius 1 is 1.45 bits per heavy atom. The fourth-order valence-electron chi connectivity index (χ4n) is 5.13. The Morgan fingerprint density at radius 2 is 2.17 bits per heavy atom. The van der Waals surface area contributed by atoms with E-state index >= 15 is 0 Å². The SMILES string of the molecule is C=CCOC(=O)Nc1nc2c(s1)CC1C(C)(CO)C(O)CCC1(C)C2CC(=O)O. The maximum atomic E-state index is 11.9. The van der Waals surface area contributed by atoms with Gasteiger partial charge in [0, 0.05) is 16.2 Å². The van der Waals surface area contributed by atoms with E-state index in [-0.39, 0.29) is 31.5 Å². The Kier molecular flexibility index (Phi) is 6.03. The van der Waals surface area contributed by atoms with Crippen LogP contribution in [-0.4, -0.2) is 51.7 Å². The van der Waals surface area contributed by atoms with Crippen LogP contribution in [0.1, 0.15) is 49.6 Å². The lowest BCUT2D eigenvalue weighted by molar-refractivity contribution is -0.150. The van der Waals surface area contributed by atoms with Gasteiger partial charge in [0.25, 0.3) is 0 Å². The first-order valence-electron chi connectivity index (χ1n) is 9.70. The van der Waals surface area contributed by atoms with Crippen LogP contribution in [0.4, 0.5) is 9.93 Å². The van der Waals surface area contributed by atoms with Gasteiger partial charge in [0.15, 0.2) is 5.13 Å². The normalized spacial score (nSPS) is 33.3. The molecule has 5 unspecified atom stereocenters. The van der Waals surface area contributed by atoms with Gasteiger partial charge in [0.05, 0.1) is 24.8 Å². The molecule has 1 saturated carbocycles. The van der Waals surface area contributed by atoms with Crippen molar-refractivity contribution < 1.29 is 29.6 Å². The summed E-state index contributed by atoms with van der Waals surface area (Å²) in [6.07, 6.45) is 1.77. The molecule has 160 valence electrons. The number of aliphatic carboxylic acids is 1. The lowest BCUT2D eigenvalue weighted by Gasteiger charge is -2.58. The van der Waals surface area contributed by atoms with Gasteiger partial charge < -0.3 is 20.1 Å². The summed E-state index contributed by atoms with van der Waals surface area (Å²) in [6.45, 7) is 7.30. The van der Waals surface area contributed by atoms with Crippen LogP contribution in [0.5, 0.6) is 0 Å². The summed E-state index contributed by atoms with van der Waals surface area (Å²) in [4.78, 5) is 29.0. The molecule has 5 atom stereocenters. The number of carboxylic acid groups (broad SMARTS) is 1. The molecular formula is C20H28N2O6S. The predicted molar refractivity (Wildman–Crippen MR) is 108 cm³/mol. The van der Waals surface area contributed by atoms with Gasteiger partial charge in [-0.25, -0.2) is 9.78 Å². The molecule has 0 saturated heterocycles. The largest absolute Gasteiger partial charge is 0.481 e. The van der Waals surface area contributed by atoms with Crippen molar-refractivity contribution in [3.8, 4) is 0 Å². The smallest absolute Gasteiger partial charge is 0.413 e. The Bertz CT molecular complexity index is 811. The van der Waals surface area contributed by atoms with E-state index < -0.39 is 29.0 Å². The number of thiazole rings is 1. The minimum atomic E-state index is -0.924. The number of hydrogen-bond acceptors (Lipinski definition) is 7. The van der Waals surface area contributed by atoms with Crippen molar-refractivity contribution in [1.82, 2.24) is 4.98 Å². The van der Waals surface area contributed by atoms with Crippen LogP contribution >= 0.6 is 11.3 Å². The molecule has 1 aromatic rings. The maximum Gasteiger partial charge on any atom is 0.413 e. The zero-order valence-electron chi connectivity index (χ0n) is 16.7. The number of amides is 1. The van der Waals surface area contributed by atoms with Gasteiger partial charge in [0.2, 0.25) is 0 Å². The number of nitrogens with zero attached hydrogens (tertiary/aromatic N) is 1. The molecule has 1 heterocycles. The molecule has 3 rings (SSSR count). The van der Waals surface area contributed by atoms with Gasteiger partial charge in [0.1, 0.15) is 6.61 Å². The zero-order chi connectivity index (χ0) is 21.4. The summed E-state index contributed by atoms with van der Waals surface area (Å²) in [5, 5.41) is 33.3. The number of aliphatic hydroxyl groups is 2. The van der Waals surface area contributed by atoms with E-state index in [2.05, 4.69) is 16.9 Å². The number of carbonyl (C=O) groups is 2. The van der Waals surface area contributed by atoms with Crippen molar-refractivity contribution in [3.05, 3.63) is 23.2 Å². The van der Waals surface area contributed by atoms with Gasteiger partial charge in [-0.3, -0.25) is 10.1 Å². The van der Waals surface area contributed by atoms with Crippen molar-refractivity contribution in [2.24, 2.45) is 16.7 Å². The molecule has 0 radical (unpaired) electrons. The number of nitrogens with one attached hydrogen (secondary N) is 1. The van der Waals surface area contributed by atoms with Crippen LogP contribution < -0.4 is 5.32 Å². The van der Waals surface area contributed by atoms with Crippen molar-refractivity contribution in [2.75, 3.05) is 18.5 Å². The summed E-state index contributed by atoms with van der Waals surface area (Å²) in [7, 11) is 0. The molecule has 0 bridgehead atoms. The average molecular weight is 425 g/mol. The lowest BCUT2D eigenvalue weighted by Crippen LogP contribution is -2.57. The Morgan fingerprint density at radius 3 is 2.79 bits per heavy atom. The molecule has 4 N–H and O–H groups in total. The Balaban J connectivity index is 2.00. The molecule has 1 fully saturated rings. The van der Waals surface area contributed by atoms with E-state index in [9.17, 15) is 24.9 Å². The first-order valence-corrected chi connectivity index (χ1v) is 10.5. The van der Waals surface area contributed by atoms with E-state index in [0.29, 0.717) is 30.1 Å². The Hall–Kier alpha value is -1.97. The average Bonchev–Trinajstić information content (AvgIpc) is 3.06. The molecule has 1 amide bonds. The van der Waals surface area contributed by atoms with Crippen molar-refractivity contribution >= 4 is 28.5 Å². The molecule has 0 spiro atoms. The van der Waals surface area contributed by atoms with E-state index in [4.69, 9.17) is 4.74 Å².